The molecule has 7 aromatic carbocycles. The van der Waals surface area contributed by atoms with Gasteiger partial charge in [0.25, 0.3) is 0 Å². The largest absolute Gasteiger partial charge is 0.254 e. The fraction of sp³-hybridized carbons (Fsp3) is 0. The maximum absolute atomic E-state index is 4.96. The Balaban J connectivity index is 1.03. The summed E-state index contributed by atoms with van der Waals surface area (Å²) in [5, 5.41) is 12.6. The third kappa shape index (κ3) is 4.25. The van der Waals surface area contributed by atoms with Crippen molar-refractivity contribution in [2.24, 2.45) is 0 Å². The van der Waals surface area contributed by atoms with Gasteiger partial charge in [0.15, 0.2) is 0 Å². The van der Waals surface area contributed by atoms with Gasteiger partial charge in [-0.2, -0.15) is 0 Å². The molecule has 0 saturated heterocycles. The van der Waals surface area contributed by atoms with Gasteiger partial charge in [0.05, 0.1) is 16.7 Å². The summed E-state index contributed by atoms with van der Waals surface area (Å²) in [5.41, 5.74) is 6.45. The zero-order valence-electron chi connectivity index (χ0n) is 25.3. The van der Waals surface area contributed by atoms with Crippen molar-refractivity contribution in [3.63, 3.8) is 0 Å². The number of thiophene rings is 1. The lowest BCUT2D eigenvalue weighted by Gasteiger charge is -2.12. The minimum absolute atomic E-state index is 0.924. The zero-order valence-corrected chi connectivity index (χ0v) is 26.1. The quantitative estimate of drug-likeness (QED) is 0.185. The summed E-state index contributed by atoms with van der Waals surface area (Å²) in [7, 11) is 0. The van der Waals surface area contributed by atoms with Crippen molar-refractivity contribution in [3.05, 3.63) is 157 Å². The first-order valence-corrected chi connectivity index (χ1v) is 16.7. The molecule has 0 aliphatic rings. The minimum Gasteiger partial charge on any atom is -0.254 e. The maximum Gasteiger partial charge on any atom is 0.0971 e. The van der Waals surface area contributed by atoms with Crippen LogP contribution >= 0.6 is 11.3 Å². The predicted octanol–water partition coefficient (Wildman–Crippen LogP) is 12.4. The van der Waals surface area contributed by atoms with E-state index in [9.17, 15) is 0 Å². The summed E-state index contributed by atoms with van der Waals surface area (Å²) < 4.78 is 2.59. The van der Waals surface area contributed by atoms with E-state index in [0.717, 1.165) is 33.1 Å². The number of fused-ring (bicyclic) bond motifs is 12. The molecule has 0 amide bonds. The molecule has 0 aliphatic heterocycles. The number of aromatic nitrogens is 2. The Kier molecular flexibility index (Phi) is 5.78. The van der Waals surface area contributed by atoms with Crippen LogP contribution in [0, 0.1) is 0 Å². The molecule has 3 heteroatoms. The SMILES string of the molecule is C(=Cc1ccc2ccc3cccnc3c2n1)c1ccc2c(c1)sc1cc(-c3ccc4c5ccccc5c5ccccc5c4c3)ccc12. The molecule has 0 N–H and O–H groups in total. The number of benzene rings is 7. The minimum atomic E-state index is 0.924. The first-order valence-electron chi connectivity index (χ1n) is 15.9. The maximum atomic E-state index is 4.96. The predicted molar refractivity (Wildman–Crippen MR) is 203 cm³/mol. The first kappa shape index (κ1) is 26.3. The van der Waals surface area contributed by atoms with E-state index in [1.165, 1.54) is 63.6 Å². The lowest BCUT2D eigenvalue weighted by atomic mass is 9.92. The molecule has 218 valence electrons. The highest BCUT2D eigenvalue weighted by molar-refractivity contribution is 7.25. The van der Waals surface area contributed by atoms with Crippen molar-refractivity contribution < 1.29 is 0 Å². The Morgan fingerprint density at radius 1 is 0.426 bits per heavy atom. The standard InChI is InChI=1S/C44H26N2S/c1-2-9-35-33(7-1)34-8-3-4-10-36(34)40-25-30(16-21-37(35)40)31-17-22-39-38-20-12-27(24-41(38)47-42(39)26-31)11-18-32-19-15-29-14-13-28-6-5-23-45-43(28)44(29)46-32/h1-26H. The molecular weight excluding hydrogens is 589 g/mol. The highest BCUT2D eigenvalue weighted by Gasteiger charge is 2.12. The Hall–Kier alpha value is -5.90. The van der Waals surface area contributed by atoms with Crippen molar-refractivity contribution in [2.45, 2.75) is 0 Å². The van der Waals surface area contributed by atoms with Gasteiger partial charge in [0.2, 0.25) is 0 Å². The van der Waals surface area contributed by atoms with E-state index in [0.29, 0.717) is 0 Å². The number of hydrogen-bond donors (Lipinski definition) is 0. The van der Waals surface area contributed by atoms with Gasteiger partial charge in [-0.25, -0.2) is 4.98 Å². The van der Waals surface area contributed by atoms with Gasteiger partial charge in [-0.1, -0.05) is 115 Å². The average Bonchev–Trinajstić information content (AvgIpc) is 3.51. The van der Waals surface area contributed by atoms with E-state index in [2.05, 4.69) is 151 Å². The molecule has 0 atom stereocenters. The second-order valence-corrected chi connectivity index (χ2v) is 13.3. The smallest absolute Gasteiger partial charge is 0.0971 e. The van der Waals surface area contributed by atoms with Crippen LogP contribution in [0.2, 0.25) is 0 Å². The lowest BCUT2D eigenvalue weighted by molar-refractivity contribution is 1.35. The van der Waals surface area contributed by atoms with Crippen LogP contribution < -0.4 is 0 Å². The molecule has 0 aliphatic carbocycles. The van der Waals surface area contributed by atoms with Gasteiger partial charge >= 0.3 is 0 Å². The Morgan fingerprint density at radius 2 is 1.02 bits per heavy atom. The van der Waals surface area contributed by atoms with Gasteiger partial charge in [-0.3, -0.25) is 4.98 Å². The van der Waals surface area contributed by atoms with Gasteiger partial charge < -0.3 is 0 Å². The Labute approximate surface area is 274 Å². The lowest BCUT2D eigenvalue weighted by Crippen LogP contribution is -1.87. The van der Waals surface area contributed by atoms with E-state index < -0.39 is 0 Å². The summed E-state index contributed by atoms with van der Waals surface area (Å²) in [5.74, 6) is 0. The second kappa shape index (κ2) is 10.3. The molecule has 3 heterocycles. The van der Waals surface area contributed by atoms with Gasteiger partial charge in [0.1, 0.15) is 0 Å². The summed E-state index contributed by atoms with van der Waals surface area (Å²) in [4.78, 5) is 9.56. The van der Waals surface area contributed by atoms with Gasteiger partial charge in [-0.05, 0) is 85.4 Å². The molecule has 0 saturated carbocycles. The number of hydrogen-bond acceptors (Lipinski definition) is 3. The number of nitrogens with zero attached hydrogens (tertiary/aromatic N) is 2. The monoisotopic (exact) mass is 614 g/mol. The number of pyridine rings is 2. The number of rotatable bonds is 3. The van der Waals surface area contributed by atoms with Crippen molar-refractivity contribution in [1.29, 1.82) is 0 Å². The van der Waals surface area contributed by atoms with Crippen LogP contribution in [-0.2, 0) is 0 Å². The summed E-state index contributed by atoms with van der Waals surface area (Å²) >= 11 is 1.86. The van der Waals surface area contributed by atoms with Crippen LogP contribution in [0.1, 0.15) is 11.3 Å². The van der Waals surface area contributed by atoms with Crippen LogP contribution in [0.5, 0.6) is 0 Å². The summed E-state index contributed by atoms with van der Waals surface area (Å²) in [6, 6.07) is 50.7. The van der Waals surface area contributed by atoms with Crippen molar-refractivity contribution >= 4 is 97.8 Å². The zero-order chi connectivity index (χ0) is 30.9. The van der Waals surface area contributed by atoms with Crippen LogP contribution in [-0.4, -0.2) is 9.97 Å². The molecular formula is C44H26N2S. The van der Waals surface area contributed by atoms with Crippen molar-refractivity contribution in [3.8, 4) is 11.1 Å². The third-order valence-electron chi connectivity index (χ3n) is 9.48. The highest BCUT2D eigenvalue weighted by atomic mass is 32.1. The van der Waals surface area contributed by atoms with E-state index in [-0.39, 0.29) is 0 Å². The van der Waals surface area contributed by atoms with E-state index in [4.69, 9.17) is 4.98 Å². The molecule has 0 bridgehead atoms. The normalized spacial score (nSPS) is 12.2. The molecule has 0 fully saturated rings. The Morgan fingerprint density at radius 3 is 1.79 bits per heavy atom. The van der Waals surface area contributed by atoms with Crippen LogP contribution in [0.25, 0.3) is 97.6 Å². The van der Waals surface area contributed by atoms with Gasteiger partial charge in [0, 0.05) is 37.1 Å². The fourth-order valence-electron chi connectivity index (χ4n) is 7.18. The molecule has 0 radical (unpaired) electrons. The first-order chi connectivity index (χ1) is 23.3. The van der Waals surface area contributed by atoms with E-state index in [1.807, 2.05) is 23.6 Å². The topological polar surface area (TPSA) is 25.8 Å². The summed E-state index contributed by atoms with van der Waals surface area (Å²) in [6.45, 7) is 0. The molecule has 3 aromatic heterocycles. The fourth-order valence-corrected chi connectivity index (χ4v) is 8.37. The third-order valence-corrected chi connectivity index (χ3v) is 10.6. The highest BCUT2D eigenvalue weighted by Crippen LogP contribution is 2.40. The van der Waals surface area contributed by atoms with Crippen LogP contribution in [0.4, 0.5) is 0 Å². The average molecular weight is 615 g/mol. The second-order valence-electron chi connectivity index (χ2n) is 12.2. The van der Waals surface area contributed by atoms with E-state index in [1.54, 1.807) is 0 Å². The molecule has 0 unspecified atom stereocenters. The van der Waals surface area contributed by atoms with Gasteiger partial charge in [-0.15, -0.1) is 11.3 Å². The molecule has 10 rings (SSSR count). The molecule has 10 aromatic rings. The van der Waals surface area contributed by atoms with E-state index >= 15 is 0 Å². The summed E-state index contributed by atoms with van der Waals surface area (Å²) in [6.07, 6.45) is 6.09. The van der Waals surface area contributed by atoms with Crippen LogP contribution in [0.3, 0.4) is 0 Å². The molecule has 47 heavy (non-hydrogen) atoms. The van der Waals surface area contributed by atoms with Crippen molar-refractivity contribution in [2.75, 3.05) is 0 Å². The van der Waals surface area contributed by atoms with Crippen molar-refractivity contribution in [1.82, 2.24) is 9.97 Å². The molecule has 2 nitrogen and oxygen atoms in total. The van der Waals surface area contributed by atoms with Crippen LogP contribution in [0.15, 0.2) is 146 Å². The molecule has 0 spiro atoms. The Bertz CT molecular complexity index is 2880.